The molecule has 6 aromatic rings. The van der Waals surface area contributed by atoms with E-state index in [-0.39, 0.29) is 10.5 Å². The molecule has 60 heavy (non-hydrogen) atoms. The summed E-state index contributed by atoms with van der Waals surface area (Å²) in [6.45, 7) is 9.70. The SMILES string of the molecule is CCSc1ccc2c(c1)N(CCCN1CCN(C)C(Cn3cc(Cc4ccc(C(=O)NS(=O)(=O)c5ccccc5C)cc4OC)c4cc(N)ccc43)C1)c1ccccc1S2. The lowest BCUT2D eigenvalue weighted by molar-refractivity contribution is 0.0859. The molecular formula is C47H52N6O4S3. The van der Waals surface area contributed by atoms with Crippen LogP contribution in [-0.4, -0.2) is 87.4 Å². The summed E-state index contributed by atoms with van der Waals surface area (Å²) in [6, 6.07) is 33.7. The van der Waals surface area contributed by atoms with E-state index in [0.717, 1.165) is 73.5 Å². The molecule has 3 N–H and O–H groups in total. The van der Waals surface area contributed by atoms with Gasteiger partial charge in [-0.3, -0.25) is 9.69 Å². The molecule has 1 atom stereocenters. The third kappa shape index (κ3) is 8.91. The zero-order valence-corrected chi connectivity index (χ0v) is 37.0. The van der Waals surface area contributed by atoms with Gasteiger partial charge in [0.1, 0.15) is 5.75 Å². The minimum atomic E-state index is -4.06. The number of para-hydroxylation sites is 1. The number of rotatable bonds is 14. The van der Waals surface area contributed by atoms with Crippen molar-refractivity contribution < 1.29 is 17.9 Å². The van der Waals surface area contributed by atoms with Gasteiger partial charge in [0.2, 0.25) is 0 Å². The van der Waals surface area contributed by atoms with E-state index in [9.17, 15) is 13.2 Å². The Balaban J connectivity index is 0.961. The summed E-state index contributed by atoms with van der Waals surface area (Å²) in [5.74, 6) is 0.830. The Morgan fingerprint density at radius 2 is 1.72 bits per heavy atom. The lowest BCUT2D eigenvalue weighted by atomic mass is 10.0. The van der Waals surface area contributed by atoms with E-state index in [1.54, 1.807) is 44.4 Å². The average Bonchev–Trinajstić information content (AvgIpc) is 3.56. The Morgan fingerprint density at radius 1 is 0.917 bits per heavy atom. The Morgan fingerprint density at radius 3 is 2.53 bits per heavy atom. The van der Waals surface area contributed by atoms with Gasteiger partial charge in [-0.25, -0.2) is 13.1 Å². The van der Waals surface area contributed by atoms with Gasteiger partial charge >= 0.3 is 0 Å². The fourth-order valence-electron chi connectivity index (χ4n) is 8.41. The van der Waals surface area contributed by atoms with Crippen LogP contribution in [0.5, 0.6) is 5.75 Å². The molecule has 0 saturated carbocycles. The van der Waals surface area contributed by atoms with Crippen LogP contribution in [0.2, 0.25) is 0 Å². The number of aryl methyl sites for hydroxylation is 1. The molecule has 1 fully saturated rings. The van der Waals surface area contributed by atoms with Crippen molar-refractivity contribution in [3.8, 4) is 5.75 Å². The number of anilines is 3. The zero-order valence-electron chi connectivity index (χ0n) is 34.6. The van der Waals surface area contributed by atoms with Crippen LogP contribution in [0.1, 0.15) is 40.4 Å². The molecule has 312 valence electrons. The standard InChI is InChI=1S/C47H52N6O4S3/c1-5-58-38-18-20-45-42(28-38)53(41-12-7-8-13-44(41)59-45)22-10-21-51-24-23-50(3)37(30-51)31-52-29-35(39-27-36(48)17-19-40(39)52)25-33-15-16-34(26-43(33)57-4)47(54)49-60(55,56)46-14-9-6-11-32(46)2/h6-9,11-20,26-29,37H,5,10,21-25,30-31,48H2,1-4H3,(H,49,54). The smallest absolute Gasteiger partial charge is 0.265 e. The highest BCUT2D eigenvalue weighted by Gasteiger charge is 2.28. The number of benzene rings is 5. The molecule has 0 radical (unpaired) electrons. The fourth-order valence-corrected chi connectivity index (χ4v) is 11.4. The minimum Gasteiger partial charge on any atom is -0.496 e. The van der Waals surface area contributed by atoms with Crippen molar-refractivity contribution in [2.45, 2.75) is 58.9 Å². The number of piperazine rings is 1. The van der Waals surface area contributed by atoms with E-state index < -0.39 is 15.9 Å². The van der Waals surface area contributed by atoms with Crippen LogP contribution in [-0.2, 0) is 23.0 Å². The zero-order chi connectivity index (χ0) is 42.0. The van der Waals surface area contributed by atoms with Crippen molar-refractivity contribution in [2.75, 3.05) is 63.3 Å². The van der Waals surface area contributed by atoms with Crippen LogP contribution < -0.4 is 20.1 Å². The van der Waals surface area contributed by atoms with Gasteiger partial charge in [0.15, 0.2) is 0 Å². The van der Waals surface area contributed by atoms with Gasteiger partial charge in [0.05, 0.1) is 23.4 Å². The third-order valence-corrected chi connectivity index (χ3v) is 15.1. The summed E-state index contributed by atoms with van der Waals surface area (Å²) < 4.78 is 36.5. The van der Waals surface area contributed by atoms with E-state index in [1.807, 2.05) is 41.7 Å². The lowest BCUT2D eigenvalue weighted by Crippen LogP contribution is -2.53. The predicted molar refractivity (Wildman–Crippen MR) is 246 cm³/mol. The molecule has 2 aliphatic heterocycles. The number of sulfonamides is 1. The number of likely N-dealkylation sites (N-methyl/N-ethyl adjacent to an activating group) is 1. The van der Waals surface area contributed by atoms with Gasteiger partial charge in [-0.1, -0.05) is 55.1 Å². The fraction of sp³-hybridized carbons (Fsp3) is 0.298. The van der Waals surface area contributed by atoms with Crippen LogP contribution in [0.25, 0.3) is 10.9 Å². The van der Waals surface area contributed by atoms with Crippen molar-refractivity contribution in [1.82, 2.24) is 19.1 Å². The molecule has 0 aliphatic carbocycles. The molecule has 1 amide bonds. The summed E-state index contributed by atoms with van der Waals surface area (Å²) in [4.78, 5) is 24.9. The number of nitrogens with one attached hydrogen (secondary N) is 1. The lowest BCUT2D eigenvalue weighted by Gasteiger charge is -2.40. The van der Waals surface area contributed by atoms with Gasteiger partial charge in [-0.15, -0.1) is 11.8 Å². The number of ether oxygens (including phenoxy) is 1. The molecule has 1 aromatic heterocycles. The van der Waals surface area contributed by atoms with Gasteiger partial charge in [-0.2, -0.15) is 0 Å². The Labute approximate surface area is 362 Å². The molecule has 1 saturated heterocycles. The number of hydrogen-bond donors (Lipinski definition) is 2. The number of thioether (sulfide) groups is 1. The summed E-state index contributed by atoms with van der Waals surface area (Å²) in [5.41, 5.74) is 13.5. The second-order valence-electron chi connectivity index (χ2n) is 15.6. The van der Waals surface area contributed by atoms with Crippen molar-refractivity contribution in [2.24, 2.45) is 0 Å². The third-order valence-electron chi connectivity index (χ3n) is 11.6. The predicted octanol–water partition coefficient (Wildman–Crippen LogP) is 8.67. The van der Waals surface area contributed by atoms with E-state index >= 15 is 0 Å². The van der Waals surface area contributed by atoms with E-state index in [2.05, 4.69) is 92.7 Å². The molecule has 0 spiro atoms. The monoisotopic (exact) mass is 860 g/mol. The van der Waals surface area contributed by atoms with Crippen LogP contribution >= 0.6 is 23.5 Å². The van der Waals surface area contributed by atoms with Crippen LogP contribution in [0.4, 0.5) is 17.1 Å². The first-order chi connectivity index (χ1) is 29.0. The normalized spacial score (nSPS) is 15.8. The number of hydrogen-bond acceptors (Lipinski definition) is 10. The highest BCUT2D eigenvalue weighted by molar-refractivity contribution is 8.00. The van der Waals surface area contributed by atoms with Gasteiger partial charge < -0.3 is 24.8 Å². The molecule has 10 nitrogen and oxygen atoms in total. The molecule has 0 bridgehead atoms. The molecule has 8 rings (SSSR count). The number of nitrogens with two attached hydrogens (primary N) is 1. The molecule has 1 unspecified atom stereocenters. The first-order valence-electron chi connectivity index (χ1n) is 20.4. The minimum absolute atomic E-state index is 0.0648. The Bertz CT molecular complexity index is 2650. The number of nitrogen functional groups attached to an aromatic ring is 1. The van der Waals surface area contributed by atoms with Gasteiger partial charge in [0, 0.05) is 88.2 Å². The second-order valence-corrected chi connectivity index (χ2v) is 19.6. The van der Waals surface area contributed by atoms with Gasteiger partial charge in [0.25, 0.3) is 15.9 Å². The summed E-state index contributed by atoms with van der Waals surface area (Å²) >= 11 is 3.76. The number of aromatic nitrogens is 1. The molecule has 13 heteroatoms. The van der Waals surface area contributed by atoms with Crippen molar-refractivity contribution in [3.05, 3.63) is 132 Å². The van der Waals surface area contributed by atoms with Crippen LogP contribution in [0.3, 0.4) is 0 Å². The summed E-state index contributed by atoms with van der Waals surface area (Å²) in [5, 5.41) is 1.07. The number of amides is 1. The average molecular weight is 861 g/mol. The summed E-state index contributed by atoms with van der Waals surface area (Å²) in [7, 11) is -0.272. The molecule has 3 heterocycles. The highest BCUT2D eigenvalue weighted by Crippen LogP contribution is 2.49. The van der Waals surface area contributed by atoms with Crippen molar-refractivity contribution in [3.63, 3.8) is 0 Å². The maximum absolute atomic E-state index is 13.2. The van der Waals surface area contributed by atoms with Crippen molar-refractivity contribution in [1.29, 1.82) is 0 Å². The first-order valence-corrected chi connectivity index (χ1v) is 23.7. The van der Waals surface area contributed by atoms with E-state index in [1.165, 1.54) is 32.1 Å². The van der Waals surface area contributed by atoms with Gasteiger partial charge in [-0.05, 0) is 116 Å². The Kier molecular flexibility index (Phi) is 12.5. The number of methoxy groups -OCH3 is 1. The maximum atomic E-state index is 13.2. The molecule has 2 aliphatic rings. The topological polar surface area (TPSA) is 113 Å². The molecule has 5 aromatic carbocycles. The molecular weight excluding hydrogens is 809 g/mol. The number of carbonyl (C=O) groups excluding carboxylic acids is 1. The quantitative estimate of drug-likeness (QED) is 0.0816. The van der Waals surface area contributed by atoms with Crippen LogP contribution in [0.15, 0.2) is 129 Å². The largest absolute Gasteiger partial charge is 0.496 e. The number of nitrogens with zero attached hydrogens (tertiary/aromatic N) is 4. The van der Waals surface area contributed by atoms with Crippen molar-refractivity contribution >= 4 is 67.4 Å². The first kappa shape index (κ1) is 41.8. The van der Waals surface area contributed by atoms with Crippen LogP contribution in [0, 0.1) is 6.92 Å². The maximum Gasteiger partial charge on any atom is 0.265 e. The Hall–Kier alpha value is -4.92. The summed E-state index contributed by atoms with van der Waals surface area (Å²) in [6.07, 6.45) is 3.81. The highest BCUT2D eigenvalue weighted by atomic mass is 32.2. The number of fused-ring (bicyclic) bond motifs is 3. The number of carbonyl (C=O) groups is 1. The van der Waals surface area contributed by atoms with E-state index in [4.69, 9.17) is 10.5 Å². The second kappa shape index (κ2) is 18.0. The van der Waals surface area contributed by atoms with E-state index in [0.29, 0.717) is 29.5 Å².